The number of ether oxygens (including phenoxy) is 1. The number of nitrogens with zero attached hydrogens (tertiary/aromatic N) is 5. The van der Waals surface area contributed by atoms with Gasteiger partial charge in [-0.05, 0) is 36.6 Å². The van der Waals surface area contributed by atoms with Crippen molar-refractivity contribution in [1.29, 1.82) is 0 Å². The fraction of sp³-hybridized carbons (Fsp3) is 0.286. The van der Waals surface area contributed by atoms with Gasteiger partial charge in [-0.25, -0.2) is 15.0 Å². The molecule has 0 fully saturated rings. The molecule has 4 aromatic heterocycles. The molecule has 0 atom stereocenters. The predicted molar refractivity (Wildman–Crippen MR) is 145 cm³/mol. The topological polar surface area (TPSA) is 76.1 Å². The molecular formula is C28H28N6OS. The molecule has 0 saturated heterocycles. The molecule has 182 valence electrons. The number of rotatable bonds is 6. The van der Waals surface area contributed by atoms with E-state index in [0.29, 0.717) is 13.2 Å². The highest BCUT2D eigenvalue weighted by Crippen LogP contribution is 2.44. The Bertz CT molecular complexity index is 1530. The number of thiophene rings is 1. The van der Waals surface area contributed by atoms with Crippen LogP contribution in [0.3, 0.4) is 0 Å². The van der Waals surface area contributed by atoms with Crippen molar-refractivity contribution < 1.29 is 4.74 Å². The van der Waals surface area contributed by atoms with Gasteiger partial charge in [0, 0.05) is 49.9 Å². The van der Waals surface area contributed by atoms with Crippen LogP contribution in [-0.4, -0.2) is 32.6 Å². The summed E-state index contributed by atoms with van der Waals surface area (Å²) in [4.78, 5) is 21.9. The van der Waals surface area contributed by atoms with Crippen LogP contribution in [0, 0.1) is 0 Å². The van der Waals surface area contributed by atoms with Gasteiger partial charge in [-0.3, -0.25) is 4.98 Å². The lowest BCUT2D eigenvalue weighted by Crippen LogP contribution is -2.33. The second-order valence-electron chi connectivity index (χ2n) is 9.86. The third-order valence-corrected chi connectivity index (χ3v) is 7.69. The van der Waals surface area contributed by atoms with Gasteiger partial charge < -0.3 is 15.0 Å². The van der Waals surface area contributed by atoms with E-state index in [1.807, 2.05) is 18.3 Å². The molecule has 36 heavy (non-hydrogen) atoms. The fourth-order valence-corrected chi connectivity index (χ4v) is 5.97. The maximum Gasteiger partial charge on any atom is 0.147 e. The van der Waals surface area contributed by atoms with E-state index in [0.717, 1.165) is 56.2 Å². The summed E-state index contributed by atoms with van der Waals surface area (Å²) in [7, 11) is 2.11. The number of anilines is 2. The highest BCUT2D eigenvalue weighted by atomic mass is 32.1. The highest BCUT2D eigenvalue weighted by molar-refractivity contribution is 7.26. The Labute approximate surface area is 214 Å². The van der Waals surface area contributed by atoms with Crippen LogP contribution in [0.25, 0.3) is 20.4 Å². The van der Waals surface area contributed by atoms with E-state index < -0.39 is 0 Å². The van der Waals surface area contributed by atoms with Gasteiger partial charge in [0.25, 0.3) is 0 Å². The quantitative estimate of drug-likeness (QED) is 0.321. The molecule has 0 amide bonds. The first-order valence-corrected chi connectivity index (χ1v) is 12.9. The van der Waals surface area contributed by atoms with E-state index in [9.17, 15) is 0 Å². The second kappa shape index (κ2) is 9.11. The summed E-state index contributed by atoms with van der Waals surface area (Å²) < 4.78 is 7.29. The Morgan fingerprint density at radius 3 is 2.69 bits per heavy atom. The summed E-state index contributed by atoms with van der Waals surface area (Å²) in [6, 6.07) is 14.5. The Kier molecular flexibility index (Phi) is 5.78. The third-order valence-electron chi connectivity index (χ3n) is 6.61. The maximum absolute atomic E-state index is 6.27. The van der Waals surface area contributed by atoms with Gasteiger partial charge in [-0.2, -0.15) is 0 Å². The van der Waals surface area contributed by atoms with Crippen molar-refractivity contribution in [3.8, 4) is 0 Å². The van der Waals surface area contributed by atoms with Crippen molar-refractivity contribution in [1.82, 2.24) is 19.9 Å². The second-order valence-corrected chi connectivity index (χ2v) is 10.9. The monoisotopic (exact) mass is 496 g/mol. The van der Waals surface area contributed by atoms with Crippen molar-refractivity contribution in [2.45, 2.75) is 45.6 Å². The molecule has 5 aromatic rings. The molecule has 1 N–H and O–H groups in total. The average Bonchev–Trinajstić information content (AvgIpc) is 3.27. The first-order chi connectivity index (χ1) is 17.5. The summed E-state index contributed by atoms with van der Waals surface area (Å²) in [6.07, 6.45) is 6.10. The molecular weight excluding hydrogens is 468 g/mol. The first kappa shape index (κ1) is 22.8. The molecule has 0 bridgehead atoms. The van der Waals surface area contributed by atoms with E-state index in [1.54, 1.807) is 23.9 Å². The van der Waals surface area contributed by atoms with Crippen molar-refractivity contribution in [2.24, 2.45) is 0 Å². The number of pyridine rings is 2. The number of nitrogens with one attached hydrogen (secondary N) is 1. The smallest absolute Gasteiger partial charge is 0.147 e. The maximum atomic E-state index is 6.27. The van der Waals surface area contributed by atoms with Crippen LogP contribution in [0.15, 0.2) is 61.2 Å². The molecule has 0 spiro atoms. The first-order valence-electron chi connectivity index (χ1n) is 12.1. The lowest BCUT2D eigenvalue weighted by atomic mass is 9.90. The van der Waals surface area contributed by atoms with Gasteiger partial charge in [-0.1, -0.05) is 36.4 Å². The van der Waals surface area contributed by atoms with Gasteiger partial charge in [0.2, 0.25) is 0 Å². The molecule has 0 aliphatic carbocycles. The third kappa shape index (κ3) is 4.27. The van der Waals surface area contributed by atoms with Crippen LogP contribution in [0.5, 0.6) is 0 Å². The lowest BCUT2D eigenvalue weighted by Gasteiger charge is -2.34. The minimum Gasteiger partial charge on any atom is -0.370 e. The van der Waals surface area contributed by atoms with Crippen molar-refractivity contribution in [3.05, 3.63) is 83.4 Å². The number of aromatic nitrogens is 4. The Hall–Kier alpha value is -3.62. The summed E-state index contributed by atoms with van der Waals surface area (Å²) in [5, 5.41) is 4.62. The van der Waals surface area contributed by atoms with Gasteiger partial charge in [0.1, 0.15) is 22.8 Å². The van der Waals surface area contributed by atoms with Crippen LogP contribution in [0.2, 0.25) is 0 Å². The number of fused-ring (bicyclic) bond motifs is 5. The molecule has 0 unspecified atom stereocenters. The average molecular weight is 497 g/mol. The van der Waals surface area contributed by atoms with Crippen molar-refractivity contribution >= 4 is 43.4 Å². The zero-order valence-corrected chi connectivity index (χ0v) is 21.5. The summed E-state index contributed by atoms with van der Waals surface area (Å²) in [6.45, 7) is 6.26. The number of hydrogen-bond donors (Lipinski definition) is 1. The van der Waals surface area contributed by atoms with E-state index >= 15 is 0 Å². The van der Waals surface area contributed by atoms with Gasteiger partial charge in [-0.15, -0.1) is 11.3 Å². The fourth-order valence-electron chi connectivity index (χ4n) is 4.85. The molecule has 0 saturated carbocycles. The molecule has 6 rings (SSSR count). The summed E-state index contributed by atoms with van der Waals surface area (Å²) >= 11 is 1.65. The normalized spacial score (nSPS) is 14.6. The molecule has 1 aliphatic heterocycles. The van der Waals surface area contributed by atoms with Gasteiger partial charge in [0.05, 0.1) is 22.4 Å². The SMILES string of the molecule is CN(Cc1ccccc1)c1nc2sc3c(NCc4cccnc4)ncnc3c2c2c1COC(C)(C)C2. The minimum atomic E-state index is -0.251. The zero-order chi connectivity index (χ0) is 24.7. The van der Waals surface area contributed by atoms with Gasteiger partial charge >= 0.3 is 0 Å². The largest absolute Gasteiger partial charge is 0.370 e. The van der Waals surface area contributed by atoms with E-state index in [2.05, 4.69) is 71.4 Å². The minimum absolute atomic E-state index is 0.251. The predicted octanol–water partition coefficient (Wildman–Crippen LogP) is 5.73. The molecule has 5 heterocycles. The molecule has 1 aromatic carbocycles. The van der Waals surface area contributed by atoms with Crippen molar-refractivity contribution in [3.63, 3.8) is 0 Å². The zero-order valence-electron chi connectivity index (χ0n) is 20.7. The highest BCUT2D eigenvalue weighted by Gasteiger charge is 2.32. The number of benzene rings is 1. The van der Waals surface area contributed by atoms with Crippen LogP contribution in [0.1, 0.15) is 36.1 Å². The van der Waals surface area contributed by atoms with Crippen LogP contribution < -0.4 is 10.2 Å². The molecule has 7 nitrogen and oxygen atoms in total. The van der Waals surface area contributed by atoms with Crippen LogP contribution in [-0.2, 0) is 30.9 Å². The van der Waals surface area contributed by atoms with Crippen molar-refractivity contribution in [2.75, 3.05) is 17.3 Å². The molecule has 0 radical (unpaired) electrons. The molecule has 1 aliphatic rings. The van der Waals surface area contributed by atoms with E-state index in [-0.39, 0.29) is 5.60 Å². The Morgan fingerprint density at radius 1 is 1.06 bits per heavy atom. The standard InChI is InChI=1S/C28H28N6OS/c1-28(2)12-20-21(16-35-28)26(34(3)15-18-8-5-4-6-9-18)33-27-22(20)23-24(36-27)25(32-17-31-23)30-14-19-10-7-11-29-13-19/h4-11,13,17H,12,14-16H2,1-3H3,(H,30,31,32). The number of hydrogen-bond acceptors (Lipinski definition) is 8. The van der Waals surface area contributed by atoms with Gasteiger partial charge in [0.15, 0.2) is 0 Å². The van der Waals surface area contributed by atoms with E-state index in [4.69, 9.17) is 14.7 Å². The Balaban J connectivity index is 1.47. The van der Waals surface area contributed by atoms with Crippen LogP contribution >= 0.6 is 11.3 Å². The van der Waals surface area contributed by atoms with E-state index in [1.165, 1.54) is 11.1 Å². The lowest BCUT2D eigenvalue weighted by molar-refractivity contribution is -0.0395. The summed E-state index contributed by atoms with van der Waals surface area (Å²) in [5.41, 5.74) is 5.50. The van der Waals surface area contributed by atoms with Crippen LogP contribution in [0.4, 0.5) is 11.6 Å². The molecule has 8 heteroatoms. The summed E-state index contributed by atoms with van der Waals surface area (Å²) in [5.74, 6) is 1.80. The Morgan fingerprint density at radius 2 is 1.89 bits per heavy atom.